The summed E-state index contributed by atoms with van der Waals surface area (Å²) in [5.41, 5.74) is 2.23. The third-order valence-corrected chi connectivity index (χ3v) is 5.09. The van der Waals surface area contributed by atoms with Crippen LogP contribution in [0.3, 0.4) is 0 Å². The molecule has 0 spiro atoms. The highest BCUT2D eigenvalue weighted by atomic mass is 32.2. The summed E-state index contributed by atoms with van der Waals surface area (Å²) in [6, 6.07) is 9.93. The van der Waals surface area contributed by atoms with Crippen LogP contribution >= 0.6 is 11.8 Å². The number of carboxylic acids is 2. The number of carbonyl (C=O) groups is 2. The van der Waals surface area contributed by atoms with Crippen LogP contribution < -0.4 is 5.56 Å². The average Bonchev–Trinajstić information content (AvgIpc) is 2.76. The van der Waals surface area contributed by atoms with Gasteiger partial charge in [0.1, 0.15) is 0 Å². The van der Waals surface area contributed by atoms with Crippen molar-refractivity contribution in [2.24, 2.45) is 5.92 Å². The van der Waals surface area contributed by atoms with Crippen molar-refractivity contribution in [1.82, 2.24) is 14.7 Å². The van der Waals surface area contributed by atoms with Crippen LogP contribution in [0.5, 0.6) is 0 Å². The first-order chi connectivity index (χ1) is 15.6. The van der Waals surface area contributed by atoms with Gasteiger partial charge in [0, 0.05) is 42.2 Å². The first-order valence-corrected chi connectivity index (χ1v) is 11.5. The van der Waals surface area contributed by atoms with Gasteiger partial charge < -0.3 is 20.4 Å². The number of aliphatic carboxylic acids is 2. The van der Waals surface area contributed by atoms with Crippen molar-refractivity contribution in [2.75, 3.05) is 32.6 Å². The summed E-state index contributed by atoms with van der Waals surface area (Å²) in [5, 5.41) is 37.9. The zero-order chi connectivity index (χ0) is 25.0. The maximum absolute atomic E-state index is 12.9. The highest BCUT2D eigenvalue weighted by Gasteiger charge is 2.14. The third kappa shape index (κ3) is 9.74. The lowest BCUT2D eigenvalue weighted by atomic mass is 10.1. The second kappa shape index (κ2) is 14.4. The van der Waals surface area contributed by atoms with Gasteiger partial charge in [0.25, 0.3) is 5.56 Å². The maximum Gasteiger partial charge on any atom is 0.414 e. The van der Waals surface area contributed by atoms with E-state index in [1.165, 1.54) is 4.68 Å². The molecule has 1 heterocycles. The van der Waals surface area contributed by atoms with E-state index in [0.717, 1.165) is 16.2 Å². The Morgan fingerprint density at radius 1 is 1.09 bits per heavy atom. The van der Waals surface area contributed by atoms with E-state index >= 15 is 0 Å². The van der Waals surface area contributed by atoms with Crippen molar-refractivity contribution in [1.29, 1.82) is 0 Å². The van der Waals surface area contributed by atoms with Crippen LogP contribution in [0.25, 0.3) is 11.3 Å². The zero-order valence-electron chi connectivity index (χ0n) is 19.0. The van der Waals surface area contributed by atoms with Crippen LogP contribution in [0, 0.1) is 5.92 Å². The van der Waals surface area contributed by atoms with Gasteiger partial charge >= 0.3 is 11.9 Å². The van der Waals surface area contributed by atoms with Crippen LogP contribution in [-0.2, 0) is 22.7 Å². The second-order valence-electron chi connectivity index (χ2n) is 7.50. The minimum absolute atomic E-state index is 0.0199. The number of aliphatic hydroxyl groups excluding tert-OH is 2. The predicted molar refractivity (Wildman–Crippen MR) is 125 cm³/mol. The van der Waals surface area contributed by atoms with Gasteiger partial charge in [-0.2, -0.15) is 5.10 Å². The molecule has 0 bridgehead atoms. The van der Waals surface area contributed by atoms with E-state index in [1.807, 2.05) is 35.4 Å². The van der Waals surface area contributed by atoms with Crippen molar-refractivity contribution in [3.05, 3.63) is 46.2 Å². The van der Waals surface area contributed by atoms with Crippen molar-refractivity contribution >= 4 is 23.7 Å². The monoisotopic (exact) mass is 481 g/mol. The lowest BCUT2D eigenvalue weighted by Gasteiger charge is -2.21. The van der Waals surface area contributed by atoms with Crippen LogP contribution in [0.1, 0.15) is 19.4 Å². The lowest BCUT2D eigenvalue weighted by Crippen LogP contribution is -2.35. The topological polar surface area (TPSA) is 153 Å². The van der Waals surface area contributed by atoms with Crippen molar-refractivity contribution in [2.45, 2.75) is 31.8 Å². The van der Waals surface area contributed by atoms with Crippen LogP contribution in [0.15, 0.2) is 40.0 Å². The number of thioether (sulfide) groups is 1. The minimum atomic E-state index is -1.82. The standard InChI is InChI=1S/C20H29N3O3S.C2H2O4/c1-15(2)13-23-20(26)17(14-22(7-9-24)8-10-25)12-19(21-23)16-5-4-6-18(11-16)27-3;3-1(4)2(5)6/h4-6,11-12,15,24-25H,7-10,13-14H2,1-3H3;(H,3,4)(H,5,6). The Morgan fingerprint density at radius 2 is 1.70 bits per heavy atom. The van der Waals surface area contributed by atoms with E-state index in [4.69, 9.17) is 19.8 Å². The summed E-state index contributed by atoms with van der Waals surface area (Å²) < 4.78 is 1.54. The number of hydrogen-bond donors (Lipinski definition) is 4. The van der Waals surface area contributed by atoms with E-state index < -0.39 is 11.9 Å². The van der Waals surface area contributed by atoms with Gasteiger partial charge in [0.05, 0.1) is 18.9 Å². The van der Waals surface area contributed by atoms with Crippen molar-refractivity contribution in [3.8, 4) is 11.3 Å². The summed E-state index contributed by atoms with van der Waals surface area (Å²) in [6.07, 6.45) is 2.03. The Kier molecular flexibility index (Phi) is 12.4. The largest absolute Gasteiger partial charge is 0.473 e. The SMILES string of the molecule is CSc1cccc(-c2cc(CN(CCO)CCO)c(=O)n(CC(C)C)n2)c1.O=C(O)C(=O)O. The van der Waals surface area contributed by atoms with Gasteiger partial charge in [-0.05, 0) is 30.4 Å². The molecule has 0 saturated heterocycles. The number of hydrogen-bond acceptors (Lipinski definition) is 8. The molecule has 0 aliphatic carbocycles. The molecule has 0 aliphatic heterocycles. The molecule has 0 radical (unpaired) electrons. The molecule has 2 aromatic rings. The van der Waals surface area contributed by atoms with Gasteiger partial charge in [0.2, 0.25) is 0 Å². The molecule has 11 heteroatoms. The highest BCUT2D eigenvalue weighted by molar-refractivity contribution is 7.98. The first kappa shape index (κ1) is 28.3. The molecule has 1 aromatic heterocycles. The smallest absolute Gasteiger partial charge is 0.414 e. The predicted octanol–water partition coefficient (Wildman–Crippen LogP) is 1.23. The number of aromatic nitrogens is 2. The summed E-state index contributed by atoms with van der Waals surface area (Å²) in [5.74, 6) is -3.35. The molecular weight excluding hydrogens is 450 g/mol. The molecule has 4 N–H and O–H groups in total. The summed E-state index contributed by atoms with van der Waals surface area (Å²) in [6.45, 7) is 5.80. The Balaban J connectivity index is 0.000000801. The van der Waals surface area contributed by atoms with Crippen LogP contribution in [0.4, 0.5) is 0 Å². The molecule has 0 fully saturated rings. The Morgan fingerprint density at radius 3 is 2.18 bits per heavy atom. The average molecular weight is 482 g/mol. The fourth-order valence-corrected chi connectivity index (χ4v) is 3.36. The molecule has 1 aromatic carbocycles. The Hall–Kier alpha value is -2.73. The molecule has 33 heavy (non-hydrogen) atoms. The second-order valence-corrected chi connectivity index (χ2v) is 8.38. The quantitative estimate of drug-likeness (QED) is 0.288. The molecule has 182 valence electrons. The van der Waals surface area contributed by atoms with Crippen molar-refractivity contribution < 1.29 is 30.0 Å². The fraction of sp³-hybridized carbons (Fsp3) is 0.455. The maximum atomic E-state index is 12.9. The Labute approximate surface area is 196 Å². The van der Waals surface area contributed by atoms with E-state index in [-0.39, 0.29) is 18.8 Å². The number of benzene rings is 1. The van der Waals surface area contributed by atoms with Gasteiger partial charge in [0.15, 0.2) is 0 Å². The Bertz CT molecular complexity index is 961. The van der Waals surface area contributed by atoms with E-state index in [1.54, 1.807) is 11.8 Å². The number of carboxylic acid groups (broad SMARTS) is 2. The van der Waals surface area contributed by atoms with E-state index in [2.05, 4.69) is 25.0 Å². The van der Waals surface area contributed by atoms with Crippen LogP contribution in [0.2, 0.25) is 0 Å². The van der Waals surface area contributed by atoms with Crippen LogP contribution in [-0.4, -0.2) is 79.6 Å². The molecule has 0 saturated carbocycles. The van der Waals surface area contributed by atoms with Crippen molar-refractivity contribution in [3.63, 3.8) is 0 Å². The van der Waals surface area contributed by atoms with Gasteiger partial charge in [-0.15, -0.1) is 11.8 Å². The molecule has 0 atom stereocenters. The number of rotatable bonds is 10. The zero-order valence-corrected chi connectivity index (χ0v) is 19.8. The minimum Gasteiger partial charge on any atom is -0.473 e. The normalized spacial score (nSPS) is 10.8. The van der Waals surface area contributed by atoms with Gasteiger partial charge in [-0.3, -0.25) is 9.69 Å². The molecule has 0 amide bonds. The lowest BCUT2D eigenvalue weighted by molar-refractivity contribution is -0.159. The summed E-state index contributed by atoms with van der Waals surface area (Å²) >= 11 is 1.66. The first-order valence-electron chi connectivity index (χ1n) is 10.3. The molecule has 0 unspecified atom stereocenters. The molecular formula is C22H31N3O7S. The summed E-state index contributed by atoms with van der Waals surface area (Å²) in [7, 11) is 0. The van der Waals surface area contributed by atoms with Gasteiger partial charge in [-0.1, -0.05) is 26.0 Å². The van der Waals surface area contributed by atoms with E-state index in [0.29, 0.717) is 37.7 Å². The van der Waals surface area contributed by atoms with Gasteiger partial charge in [-0.25, -0.2) is 14.3 Å². The molecule has 2 rings (SSSR count). The molecule has 10 nitrogen and oxygen atoms in total. The third-order valence-electron chi connectivity index (χ3n) is 4.36. The summed E-state index contributed by atoms with van der Waals surface area (Å²) in [4.78, 5) is 34.1. The number of nitrogens with zero attached hydrogens (tertiary/aromatic N) is 3. The van der Waals surface area contributed by atoms with E-state index in [9.17, 15) is 15.0 Å². The number of aliphatic hydroxyl groups is 2. The molecule has 0 aliphatic rings. The highest BCUT2D eigenvalue weighted by Crippen LogP contribution is 2.23. The fourth-order valence-electron chi connectivity index (χ4n) is 2.90.